The van der Waals surface area contributed by atoms with Crippen molar-refractivity contribution in [2.24, 2.45) is 5.92 Å². The Morgan fingerprint density at radius 2 is 1.97 bits per heavy atom. The summed E-state index contributed by atoms with van der Waals surface area (Å²) in [6.45, 7) is 5.48. The van der Waals surface area contributed by atoms with Gasteiger partial charge in [0.05, 0.1) is 11.3 Å². The summed E-state index contributed by atoms with van der Waals surface area (Å²) in [4.78, 5) is 16.1. The minimum Gasteiger partial charge on any atom is -0.349 e. The number of hydrogen-bond acceptors (Lipinski definition) is 7. The van der Waals surface area contributed by atoms with Gasteiger partial charge in [-0.05, 0) is 44.6 Å². The predicted molar refractivity (Wildman–Crippen MR) is 143 cm³/mol. The molecule has 2 unspecified atom stereocenters. The first kappa shape index (κ1) is 26.3. The summed E-state index contributed by atoms with van der Waals surface area (Å²) in [5.74, 6) is -2.25. The molecule has 13 heteroatoms. The van der Waals surface area contributed by atoms with Gasteiger partial charge in [0.25, 0.3) is 5.78 Å². The van der Waals surface area contributed by atoms with Crippen LogP contribution in [0, 0.1) is 11.7 Å². The Labute approximate surface area is 229 Å². The van der Waals surface area contributed by atoms with Gasteiger partial charge in [0.1, 0.15) is 17.7 Å². The molecule has 2 aliphatic rings. The third kappa shape index (κ3) is 4.82. The highest BCUT2D eigenvalue weighted by Crippen LogP contribution is 2.51. The molecule has 1 aromatic carbocycles. The molecule has 2 atom stereocenters. The van der Waals surface area contributed by atoms with E-state index in [1.54, 1.807) is 12.4 Å². The van der Waals surface area contributed by atoms with E-state index in [0.717, 1.165) is 30.1 Å². The van der Waals surface area contributed by atoms with Crippen LogP contribution in [-0.2, 0) is 6.54 Å². The van der Waals surface area contributed by atoms with Crippen LogP contribution < -0.4 is 4.90 Å². The first-order valence-electron chi connectivity index (χ1n) is 13.1. The van der Waals surface area contributed by atoms with Gasteiger partial charge >= 0.3 is 0 Å². The lowest BCUT2D eigenvalue weighted by molar-refractivity contribution is -0.133. The standard InChI is InChI=1S/C26H31ClF3N9/c1-16-13-36(22(18-11-26(29,30)12-18)17-4-5-19(27)20(28)10-17)8-9-38(16)23-21-24(39-15-32-34-25(39)33-23)37(14-31-21)7-6-35(2)3/h4-5,10,14-16,18,22H,6-9,11-13H2,1-3H3. The van der Waals surface area contributed by atoms with E-state index in [1.165, 1.54) is 12.1 Å². The number of piperazine rings is 1. The van der Waals surface area contributed by atoms with Crippen LogP contribution in [0.4, 0.5) is 19.0 Å². The van der Waals surface area contributed by atoms with Crippen LogP contribution in [0.2, 0.25) is 5.02 Å². The van der Waals surface area contributed by atoms with Crippen molar-refractivity contribution >= 4 is 34.4 Å². The van der Waals surface area contributed by atoms with Gasteiger partial charge in [-0.3, -0.25) is 4.90 Å². The maximum Gasteiger partial charge on any atom is 0.258 e. The Balaban J connectivity index is 1.31. The number of benzene rings is 1. The molecule has 4 heterocycles. The van der Waals surface area contributed by atoms with Crippen LogP contribution >= 0.6 is 11.6 Å². The molecule has 1 saturated carbocycles. The Bertz CT molecular complexity index is 1490. The summed E-state index contributed by atoms with van der Waals surface area (Å²) >= 11 is 5.93. The zero-order valence-electron chi connectivity index (χ0n) is 22.1. The molecule has 0 radical (unpaired) electrons. The summed E-state index contributed by atoms with van der Waals surface area (Å²) in [5, 5.41) is 8.31. The van der Waals surface area contributed by atoms with Crippen LogP contribution in [0.15, 0.2) is 30.9 Å². The summed E-state index contributed by atoms with van der Waals surface area (Å²) in [7, 11) is 4.05. The van der Waals surface area contributed by atoms with E-state index in [2.05, 4.69) is 36.4 Å². The first-order chi connectivity index (χ1) is 18.6. The topological polar surface area (TPSA) is 70.6 Å². The average molecular weight is 562 g/mol. The Morgan fingerprint density at radius 1 is 1.18 bits per heavy atom. The van der Waals surface area contributed by atoms with Crippen molar-refractivity contribution in [3.8, 4) is 0 Å². The van der Waals surface area contributed by atoms with Crippen molar-refractivity contribution in [1.29, 1.82) is 0 Å². The van der Waals surface area contributed by atoms with E-state index in [4.69, 9.17) is 21.6 Å². The summed E-state index contributed by atoms with van der Waals surface area (Å²) in [6.07, 6.45) is 3.06. The fraction of sp³-hybridized carbons (Fsp3) is 0.538. The van der Waals surface area contributed by atoms with Gasteiger partial charge in [0, 0.05) is 57.6 Å². The number of aromatic nitrogens is 6. The number of nitrogens with zero attached hydrogens (tertiary/aromatic N) is 9. The highest BCUT2D eigenvalue weighted by Gasteiger charge is 2.50. The third-order valence-electron chi connectivity index (χ3n) is 7.95. The monoisotopic (exact) mass is 561 g/mol. The fourth-order valence-electron chi connectivity index (χ4n) is 6.02. The molecule has 0 bridgehead atoms. The molecule has 1 saturated heterocycles. The predicted octanol–water partition coefficient (Wildman–Crippen LogP) is 4.13. The number of halogens is 4. The quantitative estimate of drug-likeness (QED) is 0.336. The maximum absolute atomic E-state index is 14.4. The van der Waals surface area contributed by atoms with E-state index in [-0.39, 0.29) is 35.9 Å². The van der Waals surface area contributed by atoms with Crippen LogP contribution in [0.25, 0.3) is 16.9 Å². The van der Waals surface area contributed by atoms with Crippen LogP contribution in [0.3, 0.4) is 0 Å². The highest BCUT2D eigenvalue weighted by molar-refractivity contribution is 6.30. The first-order valence-corrected chi connectivity index (χ1v) is 13.5. The zero-order chi connectivity index (χ0) is 27.5. The van der Waals surface area contributed by atoms with Crippen molar-refractivity contribution in [2.75, 3.05) is 45.2 Å². The fourth-order valence-corrected chi connectivity index (χ4v) is 6.14. The second-order valence-electron chi connectivity index (χ2n) is 11.0. The van der Waals surface area contributed by atoms with Crippen molar-refractivity contribution in [2.45, 2.75) is 44.3 Å². The van der Waals surface area contributed by atoms with Crippen molar-refractivity contribution in [3.05, 3.63) is 47.3 Å². The van der Waals surface area contributed by atoms with Gasteiger partial charge < -0.3 is 14.4 Å². The highest BCUT2D eigenvalue weighted by atomic mass is 35.5. The van der Waals surface area contributed by atoms with Crippen LogP contribution in [-0.4, -0.2) is 91.2 Å². The van der Waals surface area contributed by atoms with E-state index >= 15 is 0 Å². The Hall–Kier alpha value is -2.96. The lowest BCUT2D eigenvalue weighted by Gasteiger charge is -2.49. The Kier molecular flexibility index (Phi) is 6.67. The van der Waals surface area contributed by atoms with E-state index in [1.807, 2.05) is 24.8 Å². The average Bonchev–Trinajstić information content (AvgIpc) is 3.50. The number of likely N-dealkylation sites (N-methyl/N-ethyl adjacent to an activating group) is 1. The molecule has 4 aromatic rings. The number of rotatable bonds is 7. The van der Waals surface area contributed by atoms with Gasteiger partial charge in [-0.1, -0.05) is 17.7 Å². The summed E-state index contributed by atoms with van der Waals surface area (Å²) in [5.41, 5.74) is 2.32. The van der Waals surface area contributed by atoms with Crippen LogP contribution in [0.5, 0.6) is 0 Å². The largest absolute Gasteiger partial charge is 0.349 e. The molecule has 1 aliphatic carbocycles. The molecule has 2 fully saturated rings. The lowest BCUT2D eigenvalue weighted by Crippen LogP contribution is -2.56. The minimum atomic E-state index is -2.67. The van der Waals surface area contributed by atoms with Crippen molar-refractivity contribution < 1.29 is 13.2 Å². The summed E-state index contributed by atoms with van der Waals surface area (Å²) in [6, 6.07) is 4.33. The van der Waals surface area contributed by atoms with Crippen molar-refractivity contribution in [1.82, 2.24) is 38.9 Å². The van der Waals surface area contributed by atoms with Gasteiger partial charge in [-0.25, -0.2) is 22.6 Å². The van der Waals surface area contributed by atoms with Gasteiger partial charge in [-0.15, -0.1) is 10.2 Å². The maximum atomic E-state index is 14.4. The molecule has 0 spiro atoms. The smallest absolute Gasteiger partial charge is 0.258 e. The molecule has 39 heavy (non-hydrogen) atoms. The molecule has 0 N–H and O–H groups in total. The number of hydrogen-bond donors (Lipinski definition) is 0. The molecule has 0 amide bonds. The normalized spacial score (nSPS) is 21.2. The molecule has 3 aromatic heterocycles. The van der Waals surface area contributed by atoms with Crippen LogP contribution in [0.1, 0.15) is 31.4 Å². The third-order valence-corrected chi connectivity index (χ3v) is 8.26. The Morgan fingerprint density at radius 3 is 2.67 bits per heavy atom. The minimum absolute atomic E-state index is 0.00743. The molecule has 208 valence electrons. The number of alkyl halides is 2. The second-order valence-corrected chi connectivity index (χ2v) is 11.4. The molecule has 9 nitrogen and oxygen atoms in total. The molecular formula is C26H31ClF3N9. The molecular weight excluding hydrogens is 531 g/mol. The number of imidazole rings is 1. The van der Waals surface area contributed by atoms with Gasteiger partial charge in [0.15, 0.2) is 11.5 Å². The SMILES string of the molecule is CC1CN(C(c2ccc(Cl)c(F)c2)C2CC(F)(F)C2)CCN1c1nc2nncn2c2c1ncn2CCN(C)C. The molecule has 6 rings (SSSR count). The second kappa shape index (κ2) is 9.90. The lowest BCUT2D eigenvalue weighted by atomic mass is 9.73. The van der Waals surface area contributed by atoms with E-state index in [0.29, 0.717) is 31.0 Å². The van der Waals surface area contributed by atoms with E-state index in [9.17, 15) is 13.2 Å². The zero-order valence-corrected chi connectivity index (χ0v) is 22.9. The number of fused-ring (bicyclic) bond motifs is 3. The van der Waals surface area contributed by atoms with Crippen molar-refractivity contribution in [3.63, 3.8) is 0 Å². The van der Waals surface area contributed by atoms with Gasteiger partial charge in [-0.2, -0.15) is 4.98 Å². The molecule has 1 aliphatic heterocycles. The van der Waals surface area contributed by atoms with E-state index < -0.39 is 11.7 Å². The summed E-state index contributed by atoms with van der Waals surface area (Å²) < 4.78 is 46.2. The number of anilines is 1. The van der Waals surface area contributed by atoms with Gasteiger partial charge in [0.2, 0.25) is 5.92 Å².